The Hall–Kier alpha value is -1.07. The second-order valence-electron chi connectivity index (χ2n) is 4.96. The third-order valence-corrected chi connectivity index (χ3v) is 4.62. The molecule has 0 spiro atoms. The monoisotopic (exact) mass is 311 g/mol. The second kappa shape index (κ2) is 6.59. The van der Waals surface area contributed by atoms with E-state index in [-0.39, 0.29) is 18.2 Å². The van der Waals surface area contributed by atoms with Crippen molar-refractivity contribution < 1.29 is 10.2 Å². The maximum absolute atomic E-state index is 10.2. The minimum absolute atomic E-state index is 0. The number of nitrogens with zero attached hydrogens (tertiary/aromatic N) is 1. The van der Waals surface area contributed by atoms with Crippen molar-refractivity contribution in [3.63, 3.8) is 0 Å². The molecule has 1 aliphatic rings. The first-order valence-electron chi connectivity index (χ1n) is 6.47. The number of hydrogen-bond acceptors (Lipinski definition) is 4. The number of benzene rings is 1. The summed E-state index contributed by atoms with van der Waals surface area (Å²) in [5, 5.41) is 21.6. The van der Waals surface area contributed by atoms with E-state index in [0.29, 0.717) is 6.54 Å². The molecule has 2 aromatic rings. The van der Waals surface area contributed by atoms with Gasteiger partial charge in [0.15, 0.2) is 0 Å². The van der Waals surface area contributed by atoms with Gasteiger partial charge in [0, 0.05) is 24.5 Å². The first-order chi connectivity index (χ1) is 9.22. The molecule has 2 heterocycles. The molecule has 1 unspecified atom stereocenters. The fourth-order valence-electron chi connectivity index (χ4n) is 2.51. The van der Waals surface area contributed by atoms with E-state index in [0.717, 1.165) is 25.1 Å². The summed E-state index contributed by atoms with van der Waals surface area (Å²) < 4.78 is 0. The van der Waals surface area contributed by atoms with Gasteiger partial charge in [-0.25, -0.2) is 0 Å². The standard InChI is InChI=1S/C15H17NO2S.ClH/c17-13-3-1-11(2-4-13)14(18)10-16-7-5-15-12(9-16)6-8-19-15;/h1-4,6,8,14,17-18H,5,7,9-10H2;1H. The molecule has 2 N–H and O–H groups in total. The van der Waals surface area contributed by atoms with Crippen molar-refractivity contribution in [2.45, 2.75) is 19.1 Å². The van der Waals surface area contributed by atoms with Crippen LogP contribution in [0.5, 0.6) is 5.75 Å². The number of hydrogen-bond donors (Lipinski definition) is 2. The number of aliphatic hydroxyl groups excluding tert-OH is 1. The van der Waals surface area contributed by atoms with Crippen molar-refractivity contribution in [3.05, 3.63) is 51.7 Å². The van der Waals surface area contributed by atoms with Crippen molar-refractivity contribution in [1.29, 1.82) is 0 Å². The number of phenolic OH excluding ortho intramolecular Hbond substituents is 1. The lowest BCUT2D eigenvalue weighted by Gasteiger charge is -2.28. The molecule has 0 aliphatic carbocycles. The predicted octanol–water partition coefficient (Wildman–Crippen LogP) is 2.97. The van der Waals surface area contributed by atoms with E-state index in [1.165, 1.54) is 10.4 Å². The molecule has 5 heteroatoms. The number of thiophene rings is 1. The minimum Gasteiger partial charge on any atom is -0.508 e. The number of β-amino-alcohol motifs (C(OH)–C–C–N with tert-alkyl or cyclic N) is 1. The smallest absolute Gasteiger partial charge is 0.115 e. The third kappa shape index (κ3) is 3.33. The van der Waals surface area contributed by atoms with Crippen LogP contribution in [-0.4, -0.2) is 28.2 Å². The van der Waals surface area contributed by atoms with E-state index in [2.05, 4.69) is 16.3 Å². The van der Waals surface area contributed by atoms with E-state index in [4.69, 9.17) is 0 Å². The highest BCUT2D eigenvalue weighted by Crippen LogP contribution is 2.26. The van der Waals surface area contributed by atoms with Crippen LogP contribution in [0.25, 0.3) is 0 Å². The molecule has 1 aliphatic heterocycles. The van der Waals surface area contributed by atoms with Crippen LogP contribution < -0.4 is 0 Å². The molecule has 108 valence electrons. The highest BCUT2D eigenvalue weighted by atomic mass is 35.5. The zero-order valence-corrected chi connectivity index (χ0v) is 12.7. The van der Waals surface area contributed by atoms with Crippen LogP contribution >= 0.6 is 23.7 Å². The number of phenols is 1. The van der Waals surface area contributed by atoms with E-state index < -0.39 is 6.10 Å². The summed E-state index contributed by atoms with van der Waals surface area (Å²) in [6, 6.07) is 8.97. The zero-order valence-electron chi connectivity index (χ0n) is 11.0. The molecule has 0 saturated carbocycles. The molecule has 20 heavy (non-hydrogen) atoms. The van der Waals surface area contributed by atoms with Crippen molar-refractivity contribution in [2.24, 2.45) is 0 Å². The van der Waals surface area contributed by atoms with Gasteiger partial charge in [0.05, 0.1) is 6.10 Å². The number of halogens is 1. The molecular formula is C15H18ClNO2S. The fraction of sp³-hybridized carbons (Fsp3) is 0.333. The Labute approximate surface area is 128 Å². The van der Waals surface area contributed by atoms with Gasteiger partial charge < -0.3 is 10.2 Å². The van der Waals surface area contributed by atoms with Gasteiger partial charge in [0.1, 0.15) is 5.75 Å². The summed E-state index contributed by atoms with van der Waals surface area (Å²) in [5.74, 6) is 0.233. The Morgan fingerprint density at radius 3 is 2.70 bits per heavy atom. The van der Waals surface area contributed by atoms with Crippen LogP contribution in [0.3, 0.4) is 0 Å². The molecule has 3 nitrogen and oxygen atoms in total. The fourth-order valence-corrected chi connectivity index (χ4v) is 3.40. The van der Waals surface area contributed by atoms with E-state index in [1.54, 1.807) is 24.3 Å². The zero-order chi connectivity index (χ0) is 13.2. The lowest BCUT2D eigenvalue weighted by molar-refractivity contribution is 0.106. The average Bonchev–Trinajstić information content (AvgIpc) is 2.87. The van der Waals surface area contributed by atoms with Gasteiger partial charge in [-0.3, -0.25) is 4.90 Å². The molecule has 1 aromatic carbocycles. The molecule has 3 rings (SSSR count). The van der Waals surface area contributed by atoms with Gasteiger partial charge in [-0.1, -0.05) is 12.1 Å². The maximum atomic E-state index is 10.2. The van der Waals surface area contributed by atoms with Crippen LogP contribution in [0.4, 0.5) is 0 Å². The normalized spacial score (nSPS) is 16.2. The van der Waals surface area contributed by atoms with Gasteiger partial charge >= 0.3 is 0 Å². The summed E-state index contributed by atoms with van der Waals surface area (Å²) in [6.45, 7) is 2.57. The van der Waals surface area contributed by atoms with Crippen LogP contribution in [-0.2, 0) is 13.0 Å². The average molecular weight is 312 g/mol. The largest absolute Gasteiger partial charge is 0.508 e. The minimum atomic E-state index is -0.499. The molecule has 0 fully saturated rings. The van der Waals surface area contributed by atoms with Gasteiger partial charge in [-0.2, -0.15) is 0 Å². The van der Waals surface area contributed by atoms with Crippen LogP contribution in [0.1, 0.15) is 22.1 Å². The highest BCUT2D eigenvalue weighted by Gasteiger charge is 2.20. The lowest BCUT2D eigenvalue weighted by atomic mass is 10.1. The van der Waals surface area contributed by atoms with E-state index >= 15 is 0 Å². The summed E-state index contributed by atoms with van der Waals surface area (Å²) in [7, 11) is 0. The molecule has 0 radical (unpaired) electrons. The van der Waals surface area contributed by atoms with Gasteiger partial charge in [-0.05, 0) is 41.1 Å². The van der Waals surface area contributed by atoms with Crippen LogP contribution in [0.15, 0.2) is 35.7 Å². The quantitative estimate of drug-likeness (QED) is 0.916. The van der Waals surface area contributed by atoms with E-state index in [9.17, 15) is 10.2 Å². The van der Waals surface area contributed by atoms with Gasteiger partial charge in [0.2, 0.25) is 0 Å². The van der Waals surface area contributed by atoms with Crippen molar-refractivity contribution in [2.75, 3.05) is 13.1 Å². The maximum Gasteiger partial charge on any atom is 0.115 e. The third-order valence-electron chi connectivity index (χ3n) is 3.60. The molecule has 0 amide bonds. The SMILES string of the molecule is Cl.Oc1ccc(C(O)CN2CCc3sccc3C2)cc1. The Morgan fingerprint density at radius 1 is 1.20 bits per heavy atom. The summed E-state index contributed by atoms with van der Waals surface area (Å²) >= 11 is 1.83. The highest BCUT2D eigenvalue weighted by molar-refractivity contribution is 7.10. The number of aliphatic hydroxyl groups is 1. The van der Waals surface area contributed by atoms with Crippen molar-refractivity contribution in [1.82, 2.24) is 4.90 Å². The summed E-state index contributed by atoms with van der Waals surface area (Å²) in [6.07, 6.45) is 0.579. The lowest BCUT2D eigenvalue weighted by Crippen LogP contribution is -2.33. The van der Waals surface area contributed by atoms with Crippen LogP contribution in [0, 0.1) is 0 Å². The number of aromatic hydroxyl groups is 1. The first-order valence-corrected chi connectivity index (χ1v) is 7.35. The van der Waals surface area contributed by atoms with Gasteiger partial charge in [0.25, 0.3) is 0 Å². The molecule has 1 aromatic heterocycles. The molecule has 0 bridgehead atoms. The van der Waals surface area contributed by atoms with Gasteiger partial charge in [-0.15, -0.1) is 23.7 Å². The van der Waals surface area contributed by atoms with Crippen LogP contribution in [0.2, 0.25) is 0 Å². The number of rotatable bonds is 3. The Kier molecular flexibility index (Phi) is 5.05. The summed E-state index contributed by atoms with van der Waals surface area (Å²) in [4.78, 5) is 3.77. The first kappa shape index (κ1) is 15.3. The Bertz CT molecular complexity index is 555. The molecular weight excluding hydrogens is 294 g/mol. The number of fused-ring (bicyclic) bond motifs is 1. The second-order valence-corrected chi connectivity index (χ2v) is 5.96. The Balaban J connectivity index is 0.00000147. The van der Waals surface area contributed by atoms with Crippen molar-refractivity contribution >= 4 is 23.7 Å². The summed E-state index contributed by atoms with van der Waals surface area (Å²) in [5.41, 5.74) is 2.25. The molecule has 1 atom stereocenters. The van der Waals surface area contributed by atoms with E-state index in [1.807, 2.05) is 11.3 Å². The molecule has 0 saturated heterocycles. The topological polar surface area (TPSA) is 43.7 Å². The predicted molar refractivity (Wildman–Crippen MR) is 83.6 cm³/mol. The van der Waals surface area contributed by atoms with Crippen molar-refractivity contribution in [3.8, 4) is 5.75 Å². The Morgan fingerprint density at radius 2 is 1.95 bits per heavy atom.